The van der Waals surface area contributed by atoms with Gasteiger partial charge in [0.2, 0.25) is 0 Å². The third-order valence-corrected chi connectivity index (χ3v) is 3.90. The van der Waals surface area contributed by atoms with Gasteiger partial charge in [-0.25, -0.2) is 4.79 Å². The first-order valence-electron chi connectivity index (χ1n) is 6.28. The van der Waals surface area contributed by atoms with Gasteiger partial charge in [-0.1, -0.05) is 11.6 Å². The molecule has 0 aromatic heterocycles. The Morgan fingerprint density at radius 1 is 1.38 bits per heavy atom. The molecule has 2 N–H and O–H groups in total. The molecule has 0 heterocycles. The van der Waals surface area contributed by atoms with E-state index in [1.54, 1.807) is 32.9 Å². The van der Waals surface area contributed by atoms with E-state index in [1.807, 2.05) is 6.92 Å². The molecule has 0 aliphatic heterocycles. The molecule has 0 bridgehead atoms. The second-order valence-corrected chi connectivity index (χ2v) is 6.92. The van der Waals surface area contributed by atoms with Crippen LogP contribution in [-0.2, 0) is 4.79 Å². The number of nitrogens with zero attached hydrogens (tertiary/aromatic N) is 1. The average Bonchev–Trinajstić information content (AvgIpc) is 2.31. The number of carbonyl (C=O) groups is 2. The molecule has 0 spiro atoms. The minimum absolute atomic E-state index is 0.382. The van der Waals surface area contributed by atoms with Crippen molar-refractivity contribution in [3.05, 3.63) is 27.2 Å². The van der Waals surface area contributed by atoms with Crippen LogP contribution in [0.2, 0.25) is 5.02 Å². The van der Waals surface area contributed by atoms with Crippen LogP contribution in [0.5, 0.6) is 0 Å². The first-order chi connectivity index (χ1) is 9.52. The molecule has 2 amide bonds. The molecule has 0 atom stereocenters. The van der Waals surface area contributed by atoms with Gasteiger partial charge in [0.25, 0.3) is 0 Å². The molecule has 0 saturated heterocycles. The highest BCUT2D eigenvalue weighted by atomic mass is 79.9. The predicted molar refractivity (Wildman–Crippen MR) is 87.0 cm³/mol. The van der Waals surface area contributed by atoms with E-state index in [2.05, 4.69) is 21.2 Å². The first-order valence-corrected chi connectivity index (χ1v) is 7.45. The number of halogens is 2. The third-order valence-electron chi connectivity index (χ3n) is 2.84. The maximum Gasteiger partial charge on any atom is 0.323 e. The van der Waals surface area contributed by atoms with E-state index in [1.165, 1.54) is 4.90 Å². The van der Waals surface area contributed by atoms with Gasteiger partial charge in [0.05, 0.1) is 5.69 Å². The van der Waals surface area contributed by atoms with E-state index in [0.717, 1.165) is 5.56 Å². The summed E-state index contributed by atoms with van der Waals surface area (Å²) in [7, 11) is 0. The lowest BCUT2D eigenvalue weighted by molar-refractivity contribution is -0.138. The highest BCUT2D eigenvalue weighted by Gasteiger charge is 2.28. The van der Waals surface area contributed by atoms with Crippen molar-refractivity contribution in [2.45, 2.75) is 33.2 Å². The molecule has 0 saturated carbocycles. The number of amides is 2. The van der Waals surface area contributed by atoms with E-state index in [4.69, 9.17) is 16.7 Å². The zero-order chi connectivity index (χ0) is 16.4. The number of rotatable bonds is 3. The van der Waals surface area contributed by atoms with Crippen LogP contribution in [0.4, 0.5) is 10.5 Å². The van der Waals surface area contributed by atoms with Crippen molar-refractivity contribution >= 4 is 45.2 Å². The number of aliphatic carboxylic acids is 1. The zero-order valence-electron chi connectivity index (χ0n) is 12.3. The lowest BCUT2D eigenvalue weighted by Crippen LogP contribution is -2.50. The minimum Gasteiger partial charge on any atom is -0.480 e. The number of carboxylic acids is 1. The van der Waals surface area contributed by atoms with Crippen LogP contribution in [0, 0.1) is 6.92 Å². The van der Waals surface area contributed by atoms with E-state index >= 15 is 0 Å². The number of aryl methyl sites for hydroxylation is 1. The molecule has 0 aliphatic carbocycles. The highest BCUT2D eigenvalue weighted by molar-refractivity contribution is 9.10. The second-order valence-electron chi connectivity index (χ2n) is 5.66. The van der Waals surface area contributed by atoms with Crippen LogP contribution in [-0.4, -0.2) is 34.1 Å². The van der Waals surface area contributed by atoms with Crippen molar-refractivity contribution < 1.29 is 14.7 Å². The van der Waals surface area contributed by atoms with Crippen molar-refractivity contribution in [1.82, 2.24) is 4.90 Å². The van der Waals surface area contributed by atoms with E-state index in [-0.39, 0.29) is 6.54 Å². The van der Waals surface area contributed by atoms with E-state index in [9.17, 15) is 9.59 Å². The molecule has 5 nitrogen and oxygen atoms in total. The second kappa shape index (κ2) is 6.66. The Morgan fingerprint density at radius 3 is 2.43 bits per heavy atom. The quantitative estimate of drug-likeness (QED) is 0.832. The third kappa shape index (κ3) is 4.89. The molecular weight excluding hydrogens is 360 g/mol. The molecule has 1 aromatic rings. The van der Waals surface area contributed by atoms with Crippen LogP contribution in [0.1, 0.15) is 26.3 Å². The van der Waals surface area contributed by atoms with E-state index < -0.39 is 17.5 Å². The number of benzene rings is 1. The number of carboxylic acid groups (broad SMARTS) is 1. The fourth-order valence-corrected chi connectivity index (χ4v) is 2.39. The van der Waals surface area contributed by atoms with Crippen molar-refractivity contribution in [1.29, 1.82) is 0 Å². The summed E-state index contributed by atoms with van der Waals surface area (Å²) in [6, 6.07) is 2.92. The fraction of sp³-hybridized carbons (Fsp3) is 0.429. The summed E-state index contributed by atoms with van der Waals surface area (Å²) >= 11 is 9.40. The van der Waals surface area contributed by atoms with Crippen LogP contribution >= 0.6 is 27.5 Å². The minimum atomic E-state index is -1.07. The Hall–Kier alpha value is -1.27. The summed E-state index contributed by atoms with van der Waals surface area (Å²) in [5, 5.41) is 12.2. The smallest absolute Gasteiger partial charge is 0.323 e. The summed E-state index contributed by atoms with van der Waals surface area (Å²) in [4.78, 5) is 24.5. The van der Waals surface area contributed by atoms with Crippen LogP contribution < -0.4 is 5.32 Å². The number of urea groups is 1. The van der Waals surface area contributed by atoms with Gasteiger partial charge in [-0.05, 0) is 61.3 Å². The monoisotopic (exact) mass is 376 g/mol. The summed E-state index contributed by atoms with van der Waals surface area (Å²) in [6.45, 7) is 6.78. The van der Waals surface area contributed by atoms with Crippen molar-refractivity contribution in [2.75, 3.05) is 11.9 Å². The molecule has 0 unspecified atom stereocenters. The lowest BCUT2D eigenvalue weighted by Gasteiger charge is -2.34. The number of carbonyl (C=O) groups excluding carboxylic acids is 1. The summed E-state index contributed by atoms with van der Waals surface area (Å²) in [5.74, 6) is -1.07. The summed E-state index contributed by atoms with van der Waals surface area (Å²) in [6.07, 6.45) is 0. The molecular formula is C14H18BrClN2O3. The zero-order valence-corrected chi connectivity index (χ0v) is 14.7. The SMILES string of the molecule is Cc1cc(Br)c(NC(=O)N(CC(=O)O)C(C)(C)C)cc1Cl. The summed E-state index contributed by atoms with van der Waals surface area (Å²) < 4.78 is 0.682. The van der Waals surface area contributed by atoms with Crippen molar-refractivity contribution in [3.63, 3.8) is 0 Å². The highest BCUT2D eigenvalue weighted by Crippen LogP contribution is 2.29. The van der Waals surface area contributed by atoms with Crippen molar-refractivity contribution in [2.24, 2.45) is 0 Å². The van der Waals surface area contributed by atoms with Gasteiger partial charge in [0.15, 0.2) is 0 Å². The average molecular weight is 378 g/mol. The lowest BCUT2D eigenvalue weighted by atomic mass is 10.1. The molecule has 0 aliphatic rings. The molecule has 1 rings (SSSR count). The Bertz CT molecular complexity index is 570. The largest absolute Gasteiger partial charge is 0.480 e. The van der Waals surface area contributed by atoms with Crippen LogP contribution in [0.15, 0.2) is 16.6 Å². The Kier molecular flexibility index (Phi) is 5.64. The van der Waals surface area contributed by atoms with E-state index in [0.29, 0.717) is 15.2 Å². The van der Waals surface area contributed by atoms with Gasteiger partial charge >= 0.3 is 12.0 Å². The Morgan fingerprint density at radius 2 is 1.95 bits per heavy atom. The number of nitrogens with one attached hydrogen (secondary N) is 1. The van der Waals surface area contributed by atoms with Crippen LogP contribution in [0.25, 0.3) is 0 Å². The topological polar surface area (TPSA) is 69.6 Å². The number of hydrogen-bond acceptors (Lipinski definition) is 2. The maximum atomic E-state index is 12.3. The van der Waals surface area contributed by atoms with Gasteiger partial charge in [-0.2, -0.15) is 0 Å². The Balaban J connectivity index is 3.02. The molecule has 116 valence electrons. The Labute approximate surface area is 137 Å². The molecule has 0 fully saturated rings. The maximum absolute atomic E-state index is 12.3. The number of anilines is 1. The van der Waals surface area contributed by atoms with Crippen LogP contribution in [0.3, 0.4) is 0 Å². The fourth-order valence-electron chi connectivity index (χ4n) is 1.67. The van der Waals surface area contributed by atoms with Gasteiger partial charge in [0, 0.05) is 15.0 Å². The standard InChI is InChI=1S/C14H18BrClN2O3/c1-8-5-9(15)11(6-10(8)16)17-13(21)18(7-12(19)20)14(2,3)4/h5-6H,7H2,1-4H3,(H,17,21)(H,19,20). The molecule has 1 aromatic carbocycles. The molecule has 0 radical (unpaired) electrons. The van der Waals surface area contributed by atoms with Gasteiger partial charge in [-0.15, -0.1) is 0 Å². The van der Waals surface area contributed by atoms with Gasteiger partial charge in [-0.3, -0.25) is 4.79 Å². The van der Waals surface area contributed by atoms with Gasteiger partial charge < -0.3 is 15.3 Å². The molecule has 7 heteroatoms. The predicted octanol–water partition coefficient (Wildman–Crippen LogP) is 4.13. The molecule has 21 heavy (non-hydrogen) atoms. The van der Waals surface area contributed by atoms with Crippen molar-refractivity contribution in [3.8, 4) is 0 Å². The normalized spacial score (nSPS) is 11.1. The first kappa shape index (κ1) is 17.8. The summed E-state index contributed by atoms with van der Waals surface area (Å²) in [5.41, 5.74) is 0.749. The number of hydrogen-bond donors (Lipinski definition) is 2. The van der Waals surface area contributed by atoms with Gasteiger partial charge in [0.1, 0.15) is 6.54 Å².